The van der Waals surface area contributed by atoms with Crippen molar-refractivity contribution in [3.8, 4) is 28.7 Å². The van der Waals surface area contributed by atoms with E-state index in [0.29, 0.717) is 18.5 Å². The van der Waals surface area contributed by atoms with Gasteiger partial charge in [-0.25, -0.2) is 12.4 Å². The molecule has 6 rings (SSSR count). The minimum Gasteiger partial charge on any atom is -0.492 e. The highest BCUT2D eigenvalue weighted by Crippen LogP contribution is 2.30. The van der Waals surface area contributed by atoms with Crippen LogP contribution in [0.1, 0.15) is 23.6 Å². The fraction of sp³-hybridized carbons (Fsp3) is 0.243. The van der Waals surface area contributed by atoms with Crippen LogP contribution in [0.2, 0.25) is 0 Å². The molecule has 0 N–H and O–H groups in total. The first kappa shape index (κ1) is 31.9. The predicted octanol–water partition coefficient (Wildman–Crippen LogP) is 4.49. The largest absolute Gasteiger partial charge is 0.492 e. The molecular formula is C37H36N4O5S. The fourth-order valence-electron chi connectivity index (χ4n) is 5.74. The van der Waals surface area contributed by atoms with E-state index in [9.17, 15) is 18.0 Å². The van der Waals surface area contributed by atoms with E-state index in [4.69, 9.17) is 4.74 Å². The van der Waals surface area contributed by atoms with Crippen molar-refractivity contribution in [3.05, 3.63) is 118 Å². The predicted molar refractivity (Wildman–Crippen MR) is 183 cm³/mol. The van der Waals surface area contributed by atoms with Crippen molar-refractivity contribution in [3.63, 3.8) is 0 Å². The van der Waals surface area contributed by atoms with E-state index in [-0.39, 0.29) is 22.4 Å². The third kappa shape index (κ3) is 6.45. The standard InChI is InChI=1S/C37H36N4O5S/c1-26-5-17-32(18-6-26)47(44,45)41-20-19-33-34(25-39(4)37(43)35(33)41)30-13-9-28(10-14-30)7-8-29-11-15-31(16-12-29)46-24-23-40-22-21-38(3)36(42)27(40)2/h5-6,9-20,25,27H,21-24H2,1-4H3/t27-/m1/s1. The Labute approximate surface area is 274 Å². The number of rotatable bonds is 7. The van der Waals surface area contributed by atoms with Gasteiger partial charge < -0.3 is 14.2 Å². The maximum atomic E-state index is 13.5. The molecule has 0 radical (unpaired) electrons. The summed E-state index contributed by atoms with van der Waals surface area (Å²) in [7, 11) is -0.518. The molecule has 3 heterocycles. The van der Waals surface area contributed by atoms with Crippen LogP contribution in [0.5, 0.6) is 5.75 Å². The number of fused-ring (bicyclic) bond motifs is 1. The summed E-state index contributed by atoms with van der Waals surface area (Å²) in [6, 6.07) is 23.4. The van der Waals surface area contributed by atoms with Crippen LogP contribution >= 0.6 is 0 Å². The van der Waals surface area contributed by atoms with Gasteiger partial charge in [0.1, 0.15) is 17.9 Å². The molecule has 1 saturated heterocycles. The summed E-state index contributed by atoms with van der Waals surface area (Å²) in [5.41, 5.74) is 3.87. The topological polar surface area (TPSA) is 93.8 Å². The molecule has 1 amide bonds. The quantitative estimate of drug-likeness (QED) is 0.242. The molecule has 0 aliphatic carbocycles. The van der Waals surface area contributed by atoms with E-state index in [1.54, 1.807) is 48.5 Å². The number of piperazine rings is 1. The van der Waals surface area contributed by atoms with Crippen molar-refractivity contribution in [2.45, 2.75) is 24.8 Å². The molecule has 0 bridgehead atoms. The molecule has 3 aromatic carbocycles. The molecular weight excluding hydrogens is 612 g/mol. The lowest BCUT2D eigenvalue weighted by Crippen LogP contribution is -2.55. The van der Waals surface area contributed by atoms with Gasteiger partial charge in [0.05, 0.1) is 10.9 Å². The number of carbonyl (C=O) groups is 1. The van der Waals surface area contributed by atoms with Gasteiger partial charge in [-0.3, -0.25) is 14.5 Å². The van der Waals surface area contributed by atoms with Crippen molar-refractivity contribution in [1.82, 2.24) is 18.3 Å². The molecule has 240 valence electrons. The molecule has 2 aromatic heterocycles. The van der Waals surface area contributed by atoms with Crippen LogP contribution in [0.4, 0.5) is 0 Å². The molecule has 0 unspecified atom stereocenters. The second-order valence-electron chi connectivity index (χ2n) is 11.8. The molecule has 47 heavy (non-hydrogen) atoms. The molecule has 9 nitrogen and oxygen atoms in total. The summed E-state index contributed by atoms with van der Waals surface area (Å²) in [5, 5.41) is 0.552. The number of ether oxygens (including phenoxy) is 1. The number of likely N-dealkylation sites (N-methyl/N-ethyl adjacent to an activating group) is 1. The average Bonchev–Trinajstić information content (AvgIpc) is 3.53. The Morgan fingerprint density at radius 3 is 2.15 bits per heavy atom. The lowest BCUT2D eigenvalue weighted by atomic mass is 10.0. The smallest absolute Gasteiger partial charge is 0.275 e. The van der Waals surface area contributed by atoms with Gasteiger partial charge in [-0.2, -0.15) is 0 Å². The maximum absolute atomic E-state index is 13.5. The minimum atomic E-state index is -3.97. The third-order valence-electron chi connectivity index (χ3n) is 8.62. The first-order valence-corrected chi connectivity index (χ1v) is 16.8. The number of carbonyl (C=O) groups excluding carboxylic acids is 1. The van der Waals surface area contributed by atoms with E-state index in [1.807, 2.05) is 69.4 Å². The maximum Gasteiger partial charge on any atom is 0.275 e. The minimum absolute atomic E-state index is 0.103. The second kappa shape index (κ2) is 12.9. The molecule has 1 fully saturated rings. The molecule has 1 aliphatic rings. The molecule has 1 atom stereocenters. The lowest BCUT2D eigenvalue weighted by Gasteiger charge is -2.37. The van der Waals surface area contributed by atoms with Crippen LogP contribution in [-0.4, -0.2) is 72.0 Å². The average molecular weight is 649 g/mol. The lowest BCUT2D eigenvalue weighted by molar-refractivity contribution is -0.139. The number of aromatic nitrogens is 2. The number of amides is 1. The van der Waals surface area contributed by atoms with Crippen molar-refractivity contribution >= 4 is 26.8 Å². The van der Waals surface area contributed by atoms with E-state index in [0.717, 1.165) is 50.6 Å². The van der Waals surface area contributed by atoms with Gasteiger partial charge >= 0.3 is 0 Å². The number of hydrogen-bond donors (Lipinski definition) is 0. The van der Waals surface area contributed by atoms with Gasteiger partial charge in [-0.05, 0) is 74.0 Å². The van der Waals surface area contributed by atoms with Crippen LogP contribution in [-0.2, 0) is 21.9 Å². The molecule has 1 aliphatic heterocycles. The first-order valence-electron chi connectivity index (χ1n) is 15.4. The van der Waals surface area contributed by atoms with Gasteiger partial charge in [0.25, 0.3) is 15.6 Å². The number of benzene rings is 3. The van der Waals surface area contributed by atoms with Gasteiger partial charge in [0, 0.05) is 68.2 Å². The summed E-state index contributed by atoms with van der Waals surface area (Å²) in [5.74, 6) is 7.26. The van der Waals surface area contributed by atoms with E-state index in [1.165, 1.54) is 10.8 Å². The molecule has 5 aromatic rings. The Morgan fingerprint density at radius 2 is 1.49 bits per heavy atom. The summed E-state index contributed by atoms with van der Waals surface area (Å²) in [6.45, 7) is 6.56. The highest BCUT2D eigenvalue weighted by Gasteiger charge is 2.29. The monoisotopic (exact) mass is 648 g/mol. The van der Waals surface area contributed by atoms with Crippen LogP contribution in [0.15, 0.2) is 101 Å². The highest BCUT2D eigenvalue weighted by atomic mass is 32.2. The highest BCUT2D eigenvalue weighted by molar-refractivity contribution is 7.90. The fourth-order valence-corrected chi connectivity index (χ4v) is 7.08. The SMILES string of the molecule is Cc1ccc(S(=O)(=O)n2ccc3c(-c4ccc(C#Cc5ccc(OCCN6CCN(C)C(=O)[C@H]6C)cc5)cc4)cn(C)c(=O)c32)cc1. The number of aryl methyl sites for hydroxylation is 2. The zero-order valence-electron chi connectivity index (χ0n) is 26.8. The third-order valence-corrected chi connectivity index (χ3v) is 10.3. The van der Waals surface area contributed by atoms with Crippen molar-refractivity contribution in [1.29, 1.82) is 0 Å². The number of pyridine rings is 1. The second-order valence-corrected chi connectivity index (χ2v) is 13.6. The van der Waals surface area contributed by atoms with Gasteiger partial charge in [-0.15, -0.1) is 0 Å². The zero-order valence-corrected chi connectivity index (χ0v) is 27.6. The van der Waals surface area contributed by atoms with E-state index < -0.39 is 15.6 Å². The Bertz CT molecular complexity index is 2170. The summed E-state index contributed by atoms with van der Waals surface area (Å²) < 4.78 is 35.4. The van der Waals surface area contributed by atoms with Crippen molar-refractivity contribution in [2.75, 3.05) is 33.3 Å². The molecule has 10 heteroatoms. The van der Waals surface area contributed by atoms with Gasteiger partial charge in [-0.1, -0.05) is 41.7 Å². The molecule has 0 saturated carbocycles. The normalized spacial score (nSPS) is 15.4. The van der Waals surface area contributed by atoms with Gasteiger partial charge in [0.2, 0.25) is 5.91 Å². The molecule has 0 spiro atoms. The van der Waals surface area contributed by atoms with Crippen LogP contribution in [0, 0.1) is 18.8 Å². The Morgan fingerprint density at radius 1 is 0.851 bits per heavy atom. The Hall–Kier alpha value is -5.11. The van der Waals surface area contributed by atoms with Crippen molar-refractivity contribution in [2.24, 2.45) is 7.05 Å². The number of nitrogens with zero attached hydrogens (tertiary/aromatic N) is 4. The number of hydrogen-bond acceptors (Lipinski definition) is 6. The summed E-state index contributed by atoms with van der Waals surface area (Å²) in [6.07, 6.45) is 3.17. The van der Waals surface area contributed by atoms with Crippen LogP contribution in [0.3, 0.4) is 0 Å². The summed E-state index contributed by atoms with van der Waals surface area (Å²) in [4.78, 5) is 29.4. The Balaban J connectivity index is 1.16. The van der Waals surface area contributed by atoms with E-state index in [2.05, 4.69) is 16.7 Å². The zero-order chi connectivity index (χ0) is 33.3. The first-order chi connectivity index (χ1) is 22.5. The Kier molecular flexibility index (Phi) is 8.78. The van der Waals surface area contributed by atoms with E-state index >= 15 is 0 Å². The van der Waals surface area contributed by atoms with Crippen LogP contribution < -0.4 is 10.3 Å². The van der Waals surface area contributed by atoms with Crippen LogP contribution in [0.25, 0.3) is 22.0 Å². The summed E-state index contributed by atoms with van der Waals surface area (Å²) >= 11 is 0. The van der Waals surface area contributed by atoms with Crippen molar-refractivity contribution < 1.29 is 17.9 Å². The van der Waals surface area contributed by atoms with Gasteiger partial charge in [0.15, 0.2) is 0 Å².